The first-order chi connectivity index (χ1) is 10.1. The number of nitriles is 1. The van der Waals surface area contributed by atoms with Gasteiger partial charge in [-0.05, 0) is 25.6 Å². The third kappa shape index (κ3) is 4.03. The number of rotatable bonds is 4. The average molecular weight is 286 g/mol. The van der Waals surface area contributed by atoms with Crippen LogP contribution in [0.5, 0.6) is 0 Å². The molecule has 0 aromatic heterocycles. The van der Waals surface area contributed by atoms with E-state index in [0.717, 1.165) is 26.2 Å². The lowest BCUT2D eigenvalue weighted by Gasteiger charge is -2.38. The normalized spacial score (nSPS) is 20.0. The first-order valence-corrected chi connectivity index (χ1v) is 7.39. The molecule has 0 aliphatic carbocycles. The maximum Gasteiger partial charge on any atom is 0.238 e. The second-order valence-electron chi connectivity index (χ2n) is 5.42. The van der Waals surface area contributed by atoms with Crippen molar-refractivity contribution in [3.8, 4) is 6.07 Å². The summed E-state index contributed by atoms with van der Waals surface area (Å²) in [4.78, 5) is 16.7. The van der Waals surface area contributed by atoms with Gasteiger partial charge in [-0.1, -0.05) is 19.1 Å². The molecule has 2 rings (SSSR count). The molecule has 1 saturated heterocycles. The van der Waals surface area contributed by atoms with E-state index >= 15 is 0 Å². The van der Waals surface area contributed by atoms with Crippen molar-refractivity contribution in [3.63, 3.8) is 0 Å². The Hall–Kier alpha value is -1.90. The summed E-state index contributed by atoms with van der Waals surface area (Å²) in [5.74, 6) is -0.0603. The monoisotopic (exact) mass is 286 g/mol. The minimum Gasteiger partial charge on any atom is -0.324 e. The van der Waals surface area contributed by atoms with Gasteiger partial charge in [-0.15, -0.1) is 0 Å². The van der Waals surface area contributed by atoms with E-state index in [9.17, 15) is 4.79 Å². The van der Waals surface area contributed by atoms with Crippen LogP contribution in [0.4, 0.5) is 5.69 Å². The van der Waals surface area contributed by atoms with Gasteiger partial charge in [0.1, 0.15) is 6.07 Å². The Labute approximate surface area is 126 Å². The fraction of sp³-hybridized carbons (Fsp3) is 0.500. The molecule has 1 fully saturated rings. The van der Waals surface area contributed by atoms with Gasteiger partial charge >= 0.3 is 0 Å². The molecule has 1 atom stereocenters. The highest BCUT2D eigenvalue weighted by Gasteiger charge is 2.23. The van der Waals surface area contributed by atoms with Crippen molar-refractivity contribution in [1.82, 2.24) is 9.80 Å². The van der Waals surface area contributed by atoms with Crippen molar-refractivity contribution >= 4 is 11.6 Å². The lowest BCUT2D eigenvalue weighted by atomic mass is 10.2. The van der Waals surface area contributed by atoms with Crippen LogP contribution in [-0.4, -0.2) is 54.5 Å². The van der Waals surface area contributed by atoms with Crippen molar-refractivity contribution in [3.05, 3.63) is 29.8 Å². The zero-order valence-corrected chi connectivity index (χ0v) is 12.7. The van der Waals surface area contributed by atoms with Crippen LogP contribution < -0.4 is 5.32 Å². The number of anilines is 1. The molecular formula is C16H22N4O. The molecule has 21 heavy (non-hydrogen) atoms. The first-order valence-electron chi connectivity index (χ1n) is 7.39. The summed E-state index contributed by atoms with van der Waals surface area (Å²) in [5, 5.41) is 11.9. The van der Waals surface area contributed by atoms with Crippen molar-refractivity contribution in [2.24, 2.45) is 0 Å². The summed E-state index contributed by atoms with van der Waals surface area (Å²) in [6, 6.07) is 9.64. The van der Waals surface area contributed by atoms with Gasteiger partial charge in [0, 0.05) is 25.7 Å². The number of nitrogens with zero attached hydrogens (tertiary/aromatic N) is 3. The largest absolute Gasteiger partial charge is 0.324 e. The van der Waals surface area contributed by atoms with E-state index in [0.29, 0.717) is 23.8 Å². The Balaban J connectivity index is 1.90. The van der Waals surface area contributed by atoms with Gasteiger partial charge in [-0.2, -0.15) is 5.26 Å². The predicted molar refractivity (Wildman–Crippen MR) is 82.9 cm³/mol. The van der Waals surface area contributed by atoms with E-state index in [-0.39, 0.29) is 5.91 Å². The van der Waals surface area contributed by atoms with E-state index in [1.54, 1.807) is 18.2 Å². The molecular weight excluding hydrogens is 264 g/mol. The minimum absolute atomic E-state index is 0.0603. The molecule has 0 saturated carbocycles. The number of amides is 1. The third-order valence-electron chi connectivity index (χ3n) is 3.94. The standard InChI is InChI=1S/C16H22N4O/c1-3-20-9-8-19(11-13(20)2)12-16(21)18-15-7-5-4-6-14(15)10-17/h4-7,13H,3,8-9,11-12H2,1-2H3,(H,18,21). The Morgan fingerprint density at radius 2 is 2.19 bits per heavy atom. The zero-order valence-electron chi connectivity index (χ0n) is 12.7. The van der Waals surface area contributed by atoms with Gasteiger partial charge in [0.15, 0.2) is 0 Å². The lowest BCUT2D eigenvalue weighted by molar-refractivity contribution is -0.118. The maximum absolute atomic E-state index is 12.1. The highest BCUT2D eigenvalue weighted by Crippen LogP contribution is 2.14. The van der Waals surface area contributed by atoms with Crippen LogP contribution in [-0.2, 0) is 4.79 Å². The molecule has 1 heterocycles. The molecule has 0 bridgehead atoms. The summed E-state index contributed by atoms with van der Waals surface area (Å²) >= 11 is 0. The molecule has 1 N–H and O–H groups in total. The number of piperazine rings is 1. The van der Waals surface area contributed by atoms with E-state index < -0.39 is 0 Å². The van der Waals surface area contributed by atoms with Gasteiger partial charge < -0.3 is 5.32 Å². The van der Waals surface area contributed by atoms with Crippen LogP contribution in [0.2, 0.25) is 0 Å². The van der Waals surface area contributed by atoms with Gasteiger partial charge in [-0.3, -0.25) is 14.6 Å². The topological polar surface area (TPSA) is 59.4 Å². The highest BCUT2D eigenvalue weighted by molar-refractivity contribution is 5.93. The van der Waals surface area contributed by atoms with E-state index in [2.05, 4.69) is 35.0 Å². The van der Waals surface area contributed by atoms with Crippen molar-refractivity contribution in [1.29, 1.82) is 5.26 Å². The Bertz CT molecular complexity index is 537. The SMILES string of the molecule is CCN1CCN(CC(=O)Nc2ccccc2C#N)CC1C. The van der Waals surface area contributed by atoms with Crippen LogP contribution in [0.15, 0.2) is 24.3 Å². The number of likely N-dealkylation sites (N-methyl/N-ethyl adjacent to an activating group) is 1. The summed E-state index contributed by atoms with van der Waals surface area (Å²) in [6.07, 6.45) is 0. The minimum atomic E-state index is -0.0603. The van der Waals surface area contributed by atoms with E-state index in [1.807, 2.05) is 6.07 Å². The van der Waals surface area contributed by atoms with Crippen molar-refractivity contribution in [2.45, 2.75) is 19.9 Å². The Morgan fingerprint density at radius 3 is 2.86 bits per heavy atom. The van der Waals surface area contributed by atoms with E-state index in [1.165, 1.54) is 0 Å². The van der Waals surface area contributed by atoms with Gasteiger partial charge in [0.2, 0.25) is 5.91 Å². The summed E-state index contributed by atoms with van der Waals surface area (Å²) in [5.41, 5.74) is 1.08. The molecule has 5 nitrogen and oxygen atoms in total. The van der Waals surface area contributed by atoms with Crippen molar-refractivity contribution in [2.75, 3.05) is 38.0 Å². The molecule has 1 amide bonds. The fourth-order valence-electron chi connectivity index (χ4n) is 2.77. The molecule has 1 aromatic rings. The Kier molecular flexibility index (Phi) is 5.32. The molecule has 0 spiro atoms. The van der Waals surface area contributed by atoms with Gasteiger partial charge in [0.05, 0.1) is 17.8 Å². The summed E-state index contributed by atoms with van der Waals surface area (Å²) in [6.45, 7) is 8.60. The Morgan fingerprint density at radius 1 is 1.43 bits per heavy atom. The van der Waals surface area contributed by atoms with Crippen LogP contribution in [0, 0.1) is 11.3 Å². The fourth-order valence-corrected chi connectivity index (χ4v) is 2.77. The second-order valence-corrected chi connectivity index (χ2v) is 5.42. The van der Waals surface area contributed by atoms with E-state index in [4.69, 9.17) is 5.26 Å². The number of hydrogen-bond donors (Lipinski definition) is 1. The number of hydrogen-bond acceptors (Lipinski definition) is 4. The highest BCUT2D eigenvalue weighted by atomic mass is 16.2. The van der Waals surface area contributed by atoms with Gasteiger partial charge in [-0.25, -0.2) is 0 Å². The summed E-state index contributed by atoms with van der Waals surface area (Å²) in [7, 11) is 0. The lowest BCUT2D eigenvalue weighted by Crippen LogP contribution is -2.53. The van der Waals surface area contributed by atoms with Crippen LogP contribution in [0.25, 0.3) is 0 Å². The quantitative estimate of drug-likeness (QED) is 0.912. The number of nitrogens with one attached hydrogen (secondary N) is 1. The first kappa shape index (κ1) is 15.5. The van der Waals surface area contributed by atoms with Crippen molar-refractivity contribution < 1.29 is 4.79 Å². The number of benzene rings is 1. The molecule has 112 valence electrons. The number of carbonyl (C=O) groups is 1. The van der Waals surface area contributed by atoms with Gasteiger partial charge in [0.25, 0.3) is 0 Å². The molecule has 1 aromatic carbocycles. The van der Waals surface area contributed by atoms with Crippen LogP contribution in [0.3, 0.4) is 0 Å². The third-order valence-corrected chi connectivity index (χ3v) is 3.94. The van der Waals surface area contributed by atoms with Crippen LogP contribution in [0.1, 0.15) is 19.4 Å². The molecule has 1 aliphatic heterocycles. The maximum atomic E-state index is 12.1. The summed E-state index contributed by atoms with van der Waals surface area (Å²) < 4.78 is 0. The second kappa shape index (κ2) is 7.21. The smallest absolute Gasteiger partial charge is 0.238 e. The molecule has 1 unspecified atom stereocenters. The number of para-hydroxylation sites is 1. The zero-order chi connectivity index (χ0) is 15.2. The predicted octanol–water partition coefficient (Wildman–Crippen LogP) is 1.52. The average Bonchev–Trinajstić information content (AvgIpc) is 2.48. The molecule has 5 heteroatoms. The number of carbonyl (C=O) groups excluding carboxylic acids is 1. The molecule has 1 aliphatic rings. The molecule has 0 radical (unpaired) electrons. The van der Waals surface area contributed by atoms with Crippen LogP contribution >= 0.6 is 0 Å².